The molecule has 0 bridgehead atoms. The van der Waals surface area contributed by atoms with Gasteiger partial charge in [-0.3, -0.25) is 9.89 Å². The standard InChI is InChI=1S/C23H38N4O2/c1-4-24-22(25-12-9-20-17-19(2)7-8-21(20)28-3)26-18-23(10-15-29-16-11-23)27-13-5-6-14-27/h7-8,17H,4-6,9-16,18H2,1-3H3,(H2,24,25,26). The van der Waals surface area contributed by atoms with E-state index in [0.29, 0.717) is 0 Å². The average molecular weight is 403 g/mol. The molecule has 6 heteroatoms. The van der Waals surface area contributed by atoms with Crippen molar-refractivity contribution in [1.29, 1.82) is 0 Å². The first-order valence-electron chi connectivity index (χ1n) is 11.2. The largest absolute Gasteiger partial charge is 0.496 e. The molecule has 2 aliphatic heterocycles. The maximum atomic E-state index is 5.67. The summed E-state index contributed by atoms with van der Waals surface area (Å²) in [5.74, 6) is 1.86. The smallest absolute Gasteiger partial charge is 0.191 e. The van der Waals surface area contributed by atoms with Crippen LogP contribution in [0.2, 0.25) is 0 Å². The molecule has 0 aromatic heterocycles. The predicted octanol–water partition coefficient (Wildman–Crippen LogP) is 2.75. The van der Waals surface area contributed by atoms with Crippen LogP contribution in [-0.2, 0) is 11.2 Å². The summed E-state index contributed by atoms with van der Waals surface area (Å²) in [7, 11) is 1.73. The molecule has 1 aromatic carbocycles. The van der Waals surface area contributed by atoms with E-state index in [1.54, 1.807) is 7.11 Å². The number of rotatable bonds is 8. The third-order valence-electron chi connectivity index (χ3n) is 6.20. The van der Waals surface area contributed by atoms with Gasteiger partial charge in [-0.2, -0.15) is 0 Å². The van der Waals surface area contributed by atoms with Gasteiger partial charge in [-0.1, -0.05) is 17.7 Å². The van der Waals surface area contributed by atoms with Crippen molar-refractivity contribution in [1.82, 2.24) is 15.5 Å². The number of guanidine groups is 1. The number of likely N-dealkylation sites (tertiary alicyclic amines) is 1. The average Bonchev–Trinajstić information content (AvgIpc) is 3.28. The molecule has 2 saturated heterocycles. The Hall–Kier alpha value is -1.79. The molecule has 2 heterocycles. The highest BCUT2D eigenvalue weighted by molar-refractivity contribution is 5.79. The van der Waals surface area contributed by atoms with Crippen LogP contribution in [0.25, 0.3) is 0 Å². The van der Waals surface area contributed by atoms with Crippen LogP contribution in [0.1, 0.15) is 43.7 Å². The number of aryl methyl sites for hydroxylation is 1. The minimum absolute atomic E-state index is 0.164. The van der Waals surface area contributed by atoms with Gasteiger partial charge in [0.1, 0.15) is 5.75 Å². The highest BCUT2D eigenvalue weighted by Gasteiger charge is 2.39. The van der Waals surface area contributed by atoms with E-state index in [2.05, 4.69) is 47.6 Å². The topological polar surface area (TPSA) is 58.1 Å². The molecule has 1 aromatic rings. The summed E-state index contributed by atoms with van der Waals surface area (Å²) >= 11 is 0. The number of aliphatic imine (C=N–C) groups is 1. The molecule has 3 rings (SSSR count). The van der Waals surface area contributed by atoms with Gasteiger partial charge in [0, 0.05) is 31.8 Å². The molecular formula is C23H38N4O2. The Morgan fingerprint density at radius 3 is 2.66 bits per heavy atom. The van der Waals surface area contributed by atoms with Crippen molar-refractivity contribution in [3.63, 3.8) is 0 Å². The van der Waals surface area contributed by atoms with Crippen LogP contribution in [0.5, 0.6) is 5.75 Å². The van der Waals surface area contributed by atoms with E-state index in [0.717, 1.165) is 63.8 Å². The summed E-state index contributed by atoms with van der Waals surface area (Å²) in [5, 5.41) is 6.94. The van der Waals surface area contributed by atoms with Gasteiger partial charge in [0.05, 0.1) is 13.7 Å². The summed E-state index contributed by atoms with van der Waals surface area (Å²) in [4.78, 5) is 7.68. The van der Waals surface area contributed by atoms with Crippen LogP contribution in [0.4, 0.5) is 0 Å². The third-order valence-corrected chi connectivity index (χ3v) is 6.20. The minimum atomic E-state index is 0.164. The molecule has 0 saturated carbocycles. The highest BCUT2D eigenvalue weighted by Crippen LogP contribution is 2.31. The Morgan fingerprint density at radius 1 is 1.21 bits per heavy atom. The minimum Gasteiger partial charge on any atom is -0.496 e. The molecule has 0 spiro atoms. The summed E-state index contributed by atoms with van der Waals surface area (Å²) in [6, 6.07) is 6.34. The van der Waals surface area contributed by atoms with Gasteiger partial charge in [0.15, 0.2) is 5.96 Å². The molecule has 0 radical (unpaired) electrons. The number of nitrogens with zero attached hydrogens (tertiary/aromatic N) is 2. The molecule has 0 amide bonds. The van der Waals surface area contributed by atoms with Gasteiger partial charge in [0.2, 0.25) is 0 Å². The second-order valence-corrected chi connectivity index (χ2v) is 8.22. The van der Waals surface area contributed by atoms with Crippen LogP contribution in [0, 0.1) is 6.92 Å². The fourth-order valence-corrected chi connectivity index (χ4v) is 4.50. The monoisotopic (exact) mass is 402 g/mol. The first kappa shape index (κ1) is 21.9. The molecule has 2 fully saturated rings. The predicted molar refractivity (Wildman–Crippen MR) is 119 cm³/mol. The van der Waals surface area contributed by atoms with Gasteiger partial charge in [-0.15, -0.1) is 0 Å². The van der Waals surface area contributed by atoms with Crippen molar-refractivity contribution in [2.45, 2.75) is 51.5 Å². The SMILES string of the molecule is CCNC(=NCC1(N2CCCC2)CCOCC1)NCCc1cc(C)ccc1OC. The summed E-state index contributed by atoms with van der Waals surface area (Å²) in [6.45, 7) is 10.9. The quantitative estimate of drug-likeness (QED) is 0.517. The molecule has 2 aliphatic rings. The maximum Gasteiger partial charge on any atom is 0.191 e. The van der Waals surface area contributed by atoms with E-state index in [9.17, 15) is 0 Å². The third kappa shape index (κ3) is 5.86. The molecule has 29 heavy (non-hydrogen) atoms. The molecule has 6 nitrogen and oxygen atoms in total. The van der Waals surface area contributed by atoms with Crippen molar-refractivity contribution in [3.8, 4) is 5.75 Å². The van der Waals surface area contributed by atoms with E-state index >= 15 is 0 Å². The normalized spacial score (nSPS) is 19.9. The van der Waals surface area contributed by atoms with Crippen LogP contribution in [0.3, 0.4) is 0 Å². The summed E-state index contributed by atoms with van der Waals surface area (Å²) < 4.78 is 11.2. The zero-order chi connectivity index (χ0) is 20.5. The summed E-state index contributed by atoms with van der Waals surface area (Å²) in [5.41, 5.74) is 2.65. The Kier molecular flexibility index (Phi) is 8.19. The number of nitrogens with one attached hydrogen (secondary N) is 2. The van der Waals surface area contributed by atoms with Crippen molar-refractivity contribution in [3.05, 3.63) is 29.3 Å². The molecule has 2 N–H and O–H groups in total. The molecule has 162 valence electrons. The first-order valence-corrected chi connectivity index (χ1v) is 11.2. The van der Waals surface area contributed by atoms with Crippen LogP contribution >= 0.6 is 0 Å². The summed E-state index contributed by atoms with van der Waals surface area (Å²) in [6.07, 6.45) is 5.68. The van der Waals surface area contributed by atoms with Crippen molar-refractivity contribution in [2.75, 3.05) is 53.0 Å². The maximum absolute atomic E-state index is 5.67. The van der Waals surface area contributed by atoms with Gasteiger partial charge in [-0.05, 0) is 70.7 Å². The van der Waals surface area contributed by atoms with Gasteiger partial charge < -0.3 is 20.1 Å². The Morgan fingerprint density at radius 2 is 1.97 bits per heavy atom. The molecule has 0 aliphatic carbocycles. The van der Waals surface area contributed by atoms with Crippen molar-refractivity contribution < 1.29 is 9.47 Å². The lowest BCUT2D eigenvalue weighted by Crippen LogP contribution is -2.54. The highest BCUT2D eigenvalue weighted by atomic mass is 16.5. The lowest BCUT2D eigenvalue weighted by Gasteiger charge is -2.43. The molecule has 0 atom stereocenters. The molecular weight excluding hydrogens is 364 g/mol. The second-order valence-electron chi connectivity index (χ2n) is 8.22. The van der Waals surface area contributed by atoms with E-state index in [1.807, 2.05) is 0 Å². The lowest BCUT2D eigenvalue weighted by atomic mass is 9.88. The van der Waals surface area contributed by atoms with Crippen molar-refractivity contribution in [2.24, 2.45) is 4.99 Å². The van der Waals surface area contributed by atoms with Gasteiger partial charge in [0.25, 0.3) is 0 Å². The zero-order valence-electron chi connectivity index (χ0n) is 18.4. The fourth-order valence-electron chi connectivity index (χ4n) is 4.50. The Bertz CT molecular complexity index is 665. The Labute approximate surface area is 176 Å². The van der Waals surface area contributed by atoms with Gasteiger partial charge >= 0.3 is 0 Å². The number of ether oxygens (including phenoxy) is 2. The number of benzene rings is 1. The second kappa shape index (κ2) is 10.8. The zero-order valence-corrected chi connectivity index (χ0v) is 18.4. The number of hydrogen-bond donors (Lipinski definition) is 2. The van der Waals surface area contributed by atoms with E-state index in [4.69, 9.17) is 14.5 Å². The fraction of sp³-hybridized carbons (Fsp3) is 0.696. The van der Waals surface area contributed by atoms with Crippen LogP contribution in [0.15, 0.2) is 23.2 Å². The lowest BCUT2D eigenvalue weighted by molar-refractivity contribution is -0.0139. The van der Waals surface area contributed by atoms with E-state index in [-0.39, 0.29) is 5.54 Å². The van der Waals surface area contributed by atoms with E-state index < -0.39 is 0 Å². The number of hydrogen-bond acceptors (Lipinski definition) is 4. The van der Waals surface area contributed by atoms with Gasteiger partial charge in [-0.25, -0.2) is 0 Å². The Balaban J connectivity index is 1.62. The first-order chi connectivity index (χ1) is 14.2. The van der Waals surface area contributed by atoms with E-state index in [1.165, 1.54) is 37.1 Å². The van der Waals surface area contributed by atoms with Crippen LogP contribution < -0.4 is 15.4 Å². The number of methoxy groups -OCH3 is 1. The molecule has 0 unspecified atom stereocenters. The van der Waals surface area contributed by atoms with Crippen LogP contribution in [-0.4, -0.2) is 69.4 Å². The van der Waals surface area contributed by atoms with Crippen molar-refractivity contribution >= 4 is 5.96 Å².